The molecule has 4 heteroatoms. The van der Waals surface area contributed by atoms with Gasteiger partial charge in [-0.1, -0.05) is 13.8 Å². The second-order valence-corrected chi connectivity index (χ2v) is 4.53. The van der Waals surface area contributed by atoms with E-state index in [0.717, 1.165) is 0 Å². The highest BCUT2D eigenvalue weighted by Crippen LogP contribution is 2.10. The van der Waals surface area contributed by atoms with E-state index in [0.29, 0.717) is 0 Å². The summed E-state index contributed by atoms with van der Waals surface area (Å²) >= 11 is 0. The Labute approximate surface area is 85.2 Å². The van der Waals surface area contributed by atoms with Crippen LogP contribution in [0.2, 0.25) is 0 Å². The van der Waals surface area contributed by atoms with Crippen molar-refractivity contribution in [3.05, 3.63) is 0 Å². The van der Waals surface area contributed by atoms with E-state index in [2.05, 4.69) is 5.48 Å². The van der Waals surface area contributed by atoms with Gasteiger partial charge in [-0.25, -0.2) is 5.48 Å². The minimum absolute atomic E-state index is 0.0106. The number of carbonyl (C=O) groups excluding carboxylic acids is 1. The fourth-order valence-electron chi connectivity index (χ4n) is 0.777. The minimum Gasteiger partial charge on any atom is -0.271 e. The number of hydrogen-bond acceptors (Lipinski definition) is 3. The van der Waals surface area contributed by atoms with Crippen molar-refractivity contribution in [2.75, 3.05) is 0 Å². The maximum absolute atomic E-state index is 11.4. The summed E-state index contributed by atoms with van der Waals surface area (Å²) in [7, 11) is 0. The van der Waals surface area contributed by atoms with Crippen LogP contribution in [0.25, 0.3) is 0 Å². The number of carbonyl (C=O) groups is 1. The van der Waals surface area contributed by atoms with Crippen LogP contribution in [0.15, 0.2) is 0 Å². The maximum Gasteiger partial charge on any atom is 0.261 e. The molecule has 0 heterocycles. The van der Waals surface area contributed by atoms with Gasteiger partial charge in [0.2, 0.25) is 0 Å². The molecule has 0 aliphatic heterocycles. The summed E-state index contributed by atoms with van der Waals surface area (Å²) in [4.78, 5) is 16.5. The summed E-state index contributed by atoms with van der Waals surface area (Å²) in [5.41, 5.74) is 1.86. The lowest BCUT2D eigenvalue weighted by Gasteiger charge is -2.21. The lowest BCUT2D eigenvalue weighted by molar-refractivity contribution is -0.149. The van der Waals surface area contributed by atoms with Gasteiger partial charge in [-0.15, -0.1) is 0 Å². The molecule has 0 aromatic heterocycles. The van der Waals surface area contributed by atoms with E-state index in [-0.39, 0.29) is 11.8 Å². The van der Waals surface area contributed by atoms with Gasteiger partial charge in [0.15, 0.2) is 0 Å². The molecule has 0 aliphatic rings. The minimum atomic E-state index is -0.655. The molecule has 0 rings (SSSR count). The predicted molar refractivity (Wildman–Crippen MR) is 52.9 cm³/mol. The van der Waals surface area contributed by atoms with Crippen LogP contribution in [0, 0.1) is 23.2 Å². The average molecular weight is 198 g/mol. The lowest BCUT2D eigenvalue weighted by atomic mass is 9.97. The molecule has 0 saturated heterocycles. The molecular formula is C10H18N2O2. The van der Waals surface area contributed by atoms with Gasteiger partial charge in [0.25, 0.3) is 5.91 Å². The van der Waals surface area contributed by atoms with Gasteiger partial charge in [-0.3, -0.25) is 9.63 Å². The molecular weight excluding hydrogens is 180 g/mol. The predicted octanol–water partition coefficient (Wildman–Crippen LogP) is 1.63. The van der Waals surface area contributed by atoms with Gasteiger partial charge in [-0.05, 0) is 26.7 Å². The van der Waals surface area contributed by atoms with Crippen molar-refractivity contribution in [2.24, 2.45) is 11.8 Å². The Balaban J connectivity index is 4.15. The molecule has 0 saturated carbocycles. The summed E-state index contributed by atoms with van der Waals surface area (Å²) in [5.74, 6) is -1.04. The lowest BCUT2D eigenvalue weighted by Crippen LogP contribution is -2.38. The van der Waals surface area contributed by atoms with Crippen molar-refractivity contribution in [2.45, 2.75) is 40.2 Å². The Morgan fingerprint density at radius 2 is 1.93 bits per heavy atom. The first-order valence-electron chi connectivity index (χ1n) is 4.65. The third kappa shape index (κ3) is 4.83. The molecule has 0 aliphatic carbocycles. The standard InChI is InChI=1S/C10H18N2O2/c1-7(2)8(6-11)9(13)12-14-10(3,4)5/h7-8H,1-5H3,(H,12,13). The number of nitrogens with zero attached hydrogens (tertiary/aromatic N) is 1. The molecule has 1 N–H and O–H groups in total. The van der Waals surface area contributed by atoms with Gasteiger partial charge in [0.05, 0.1) is 11.7 Å². The number of nitrogens with one attached hydrogen (secondary N) is 1. The molecule has 1 amide bonds. The fourth-order valence-corrected chi connectivity index (χ4v) is 0.777. The topological polar surface area (TPSA) is 62.1 Å². The first kappa shape index (κ1) is 12.9. The molecule has 0 aromatic rings. The highest BCUT2D eigenvalue weighted by molar-refractivity contribution is 5.80. The van der Waals surface area contributed by atoms with Crippen molar-refractivity contribution in [1.29, 1.82) is 5.26 Å². The van der Waals surface area contributed by atoms with E-state index < -0.39 is 11.5 Å². The average Bonchev–Trinajstić information content (AvgIpc) is 2.00. The molecule has 0 radical (unpaired) electrons. The molecule has 1 unspecified atom stereocenters. The summed E-state index contributed by atoms with van der Waals surface area (Å²) in [5, 5.41) is 8.73. The van der Waals surface area contributed by atoms with Crippen LogP contribution in [0.4, 0.5) is 0 Å². The second-order valence-electron chi connectivity index (χ2n) is 4.53. The Morgan fingerprint density at radius 1 is 1.43 bits per heavy atom. The zero-order valence-electron chi connectivity index (χ0n) is 9.42. The van der Waals surface area contributed by atoms with E-state index in [9.17, 15) is 4.79 Å². The van der Waals surface area contributed by atoms with Crippen molar-refractivity contribution in [3.63, 3.8) is 0 Å². The van der Waals surface area contributed by atoms with E-state index in [1.165, 1.54) is 0 Å². The Morgan fingerprint density at radius 3 is 2.21 bits per heavy atom. The molecule has 0 spiro atoms. The molecule has 4 nitrogen and oxygen atoms in total. The Hall–Kier alpha value is -1.08. The first-order valence-corrected chi connectivity index (χ1v) is 4.65. The third-order valence-corrected chi connectivity index (χ3v) is 1.55. The molecule has 80 valence electrons. The van der Waals surface area contributed by atoms with Crippen molar-refractivity contribution in [3.8, 4) is 6.07 Å². The zero-order chi connectivity index (χ0) is 11.4. The first-order chi connectivity index (χ1) is 6.28. The highest BCUT2D eigenvalue weighted by atomic mass is 16.7. The van der Waals surface area contributed by atoms with Crippen LogP contribution in [-0.2, 0) is 9.63 Å². The van der Waals surface area contributed by atoms with E-state index in [1.807, 2.05) is 40.7 Å². The van der Waals surface area contributed by atoms with Gasteiger partial charge in [-0.2, -0.15) is 5.26 Å². The van der Waals surface area contributed by atoms with Crippen LogP contribution >= 0.6 is 0 Å². The Bertz CT molecular complexity index is 235. The van der Waals surface area contributed by atoms with Crippen LogP contribution in [0.5, 0.6) is 0 Å². The highest BCUT2D eigenvalue weighted by Gasteiger charge is 2.23. The summed E-state index contributed by atoms with van der Waals surface area (Å²) in [6.45, 7) is 9.12. The van der Waals surface area contributed by atoms with Gasteiger partial charge in [0.1, 0.15) is 5.92 Å². The normalized spacial score (nSPS) is 13.5. The monoisotopic (exact) mass is 198 g/mol. The van der Waals surface area contributed by atoms with Crippen molar-refractivity contribution in [1.82, 2.24) is 5.48 Å². The fraction of sp³-hybridized carbons (Fsp3) is 0.800. The number of nitriles is 1. The van der Waals surface area contributed by atoms with Crippen LogP contribution in [0.1, 0.15) is 34.6 Å². The number of amides is 1. The van der Waals surface area contributed by atoms with Crippen LogP contribution in [-0.4, -0.2) is 11.5 Å². The summed E-state index contributed by atoms with van der Waals surface area (Å²) in [6.07, 6.45) is 0. The van der Waals surface area contributed by atoms with Crippen molar-refractivity contribution < 1.29 is 9.63 Å². The number of rotatable bonds is 3. The molecule has 0 bridgehead atoms. The maximum atomic E-state index is 11.4. The van der Waals surface area contributed by atoms with Crippen LogP contribution in [0.3, 0.4) is 0 Å². The summed E-state index contributed by atoms with van der Waals surface area (Å²) in [6, 6.07) is 1.95. The van der Waals surface area contributed by atoms with Gasteiger partial charge in [0, 0.05) is 0 Å². The molecule has 0 aromatic carbocycles. The second kappa shape index (κ2) is 4.97. The zero-order valence-corrected chi connectivity index (χ0v) is 9.42. The van der Waals surface area contributed by atoms with Crippen LogP contribution < -0.4 is 5.48 Å². The van der Waals surface area contributed by atoms with Gasteiger partial charge < -0.3 is 0 Å². The molecule has 14 heavy (non-hydrogen) atoms. The van der Waals surface area contributed by atoms with E-state index >= 15 is 0 Å². The Kier molecular flexibility index (Phi) is 4.58. The number of hydrogen-bond donors (Lipinski definition) is 1. The van der Waals surface area contributed by atoms with E-state index in [4.69, 9.17) is 10.1 Å². The quantitative estimate of drug-likeness (QED) is 0.701. The molecule has 0 fully saturated rings. The number of hydroxylamine groups is 1. The third-order valence-electron chi connectivity index (χ3n) is 1.55. The smallest absolute Gasteiger partial charge is 0.261 e. The molecule has 1 atom stereocenters. The SMILES string of the molecule is CC(C)C(C#N)C(=O)NOC(C)(C)C. The largest absolute Gasteiger partial charge is 0.271 e. The van der Waals surface area contributed by atoms with Crippen molar-refractivity contribution >= 4 is 5.91 Å². The van der Waals surface area contributed by atoms with E-state index in [1.54, 1.807) is 0 Å². The van der Waals surface area contributed by atoms with Gasteiger partial charge >= 0.3 is 0 Å². The summed E-state index contributed by atoms with van der Waals surface area (Å²) < 4.78 is 0.